The number of carbonyl (C=O) groups is 3. The fourth-order valence-corrected chi connectivity index (χ4v) is 11.3. The standard InChI is InChI=1S/C67H100Cl2F6N12O20/c1-2-3-4-5-9-12-15-18-46(105-42-52-63(94)61(92)49(40-107-52)81-56-35-54(69)83-65(85-56)67(73,74)75)36-78-58(89)22-27-103-38-44(79-59(90)43-104-32-31-100-30-29-99-28-24-76-47-20-19-45(86(95)96)33-50(47)87(97)98)37-102-26-21-57(88)77-23-16-13-10-7-6-8-11-14-17-25-101-41-51-62(93)60(91)48(39-106-51)80-55-34-53(68)82-64(84-55)66(70,71)72/h19-21,26,33-35,44,46,48-49,51-52,60-63,76,91-94H,2-18,22-25,27-32,36-43H2,1H3,(H,77,88)(H,78,89)(H,79,90)(H,80,82,84)(H,81,83,85)/t44?,46?,48-,49-,51+,52+,60+,61+,62-,63-/m0/s1. The second-order valence-corrected chi connectivity index (χ2v) is 26.1. The number of aliphatic hydroxyl groups is 4. The maximum absolute atomic E-state index is 13.4. The van der Waals surface area contributed by atoms with Crippen LogP contribution < -0.4 is 31.9 Å². The van der Waals surface area contributed by atoms with Crippen LogP contribution in [0.2, 0.25) is 10.3 Å². The summed E-state index contributed by atoms with van der Waals surface area (Å²) in [6.45, 7) is 2.43. The third kappa shape index (κ3) is 36.5. The van der Waals surface area contributed by atoms with Crippen LogP contribution in [0.15, 0.2) is 42.7 Å². The van der Waals surface area contributed by atoms with Crippen molar-refractivity contribution in [1.29, 1.82) is 0 Å². The first-order valence-corrected chi connectivity index (χ1v) is 36.5. The molecular formula is C67H100Cl2F6N12O20. The third-order valence-corrected chi connectivity index (χ3v) is 17.1. The molecule has 2 fully saturated rings. The summed E-state index contributed by atoms with van der Waals surface area (Å²) < 4.78 is 131. The van der Waals surface area contributed by atoms with E-state index >= 15 is 0 Å². The predicted molar refractivity (Wildman–Crippen MR) is 376 cm³/mol. The lowest BCUT2D eigenvalue weighted by atomic mass is 9.98. The summed E-state index contributed by atoms with van der Waals surface area (Å²) in [6.07, 6.45) is 0.229. The highest BCUT2D eigenvalue weighted by Crippen LogP contribution is 2.32. The van der Waals surface area contributed by atoms with Gasteiger partial charge in [0.1, 0.15) is 77.5 Å². The highest BCUT2D eigenvalue weighted by molar-refractivity contribution is 6.29. The number of hydrogen-bond donors (Lipinski definition) is 10. The minimum atomic E-state index is -4.90. The van der Waals surface area contributed by atoms with E-state index in [1.54, 1.807) is 0 Å². The first-order valence-electron chi connectivity index (χ1n) is 35.7. The van der Waals surface area contributed by atoms with Gasteiger partial charge in [-0.2, -0.15) is 26.3 Å². The smallest absolute Gasteiger partial charge is 0.451 e. The van der Waals surface area contributed by atoms with Crippen LogP contribution in [0.5, 0.6) is 0 Å². The molecule has 0 aliphatic carbocycles. The largest absolute Gasteiger partial charge is 0.499 e. The molecule has 4 heterocycles. The number of nitro benzene ring substituents is 2. The molecule has 5 rings (SSSR count). The molecule has 0 spiro atoms. The molecule has 32 nitrogen and oxygen atoms in total. The molecule has 2 saturated heterocycles. The van der Waals surface area contributed by atoms with Gasteiger partial charge < -0.3 is 95.0 Å². The third-order valence-electron chi connectivity index (χ3n) is 16.7. The van der Waals surface area contributed by atoms with E-state index < -0.39 is 134 Å². The fraction of sp³-hybridized carbons (Fsp3) is 0.716. The molecule has 107 heavy (non-hydrogen) atoms. The summed E-state index contributed by atoms with van der Waals surface area (Å²) >= 11 is 11.5. The number of nitro groups is 2. The Hall–Kier alpha value is -6.79. The van der Waals surface area contributed by atoms with Gasteiger partial charge in [0, 0.05) is 56.9 Å². The maximum atomic E-state index is 13.4. The van der Waals surface area contributed by atoms with Crippen LogP contribution in [0, 0.1) is 20.2 Å². The lowest BCUT2D eigenvalue weighted by Gasteiger charge is -2.38. The molecule has 2 aromatic heterocycles. The molecular weight excluding hydrogens is 1480 g/mol. The number of benzene rings is 1. The van der Waals surface area contributed by atoms with Crippen molar-refractivity contribution in [3.05, 3.63) is 84.9 Å². The summed E-state index contributed by atoms with van der Waals surface area (Å²) in [6, 6.07) is 2.52. The zero-order valence-corrected chi connectivity index (χ0v) is 61.1. The maximum Gasteiger partial charge on any atom is 0.451 e. The van der Waals surface area contributed by atoms with Crippen LogP contribution in [0.4, 0.5) is 55.0 Å². The van der Waals surface area contributed by atoms with Gasteiger partial charge in [-0.05, 0) is 25.3 Å². The molecule has 0 bridgehead atoms. The number of aliphatic hydroxyl groups excluding tert-OH is 4. The highest BCUT2D eigenvalue weighted by atomic mass is 35.5. The Morgan fingerprint density at radius 3 is 1.75 bits per heavy atom. The molecule has 0 saturated carbocycles. The molecule has 2 aliphatic rings. The predicted octanol–water partition coefficient (Wildman–Crippen LogP) is 7.80. The number of hydrogen-bond acceptors (Lipinski definition) is 27. The van der Waals surface area contributed by atoms with Crippen LogP contribution in [-0.2, 0) is 69.4 Å². The van der Waals surface area contributed by atoms with Gasteiger partial charge in [0.25, 0.3) is 11.4 Å². The van der Waals surface area contributed by atoms with Crippen molar-refractivity contribution >= 4 is 69.6 Å². The Labute approximate surface area is 625 Å². The summed E-state index contributed by atoms with van der Waals surface area (Å²) in [5.41, 5.74) is -0.782. The lowest BCUT2D eigenvalue weighted by Crippen LogP contribution is -2.57. The fourth-order valence-electron chi connectivity index (χ4n) is 11.0. The van der Waals surface area contributed by atoms with Crippen molar-refractivity contribution in [2.45, 2.75) is 196 Å². The zero-order chi connectivity index (χ0) is 78.0. The zero-order valence-electron chi connectivity index (χ0n) is 59.6. The van der Waals surface area contributed by atoms with Gasteiger partial charge in [0.2, 0.25) is 29.4 Å². The van der Waals surface area contributed by atoms with E-state index in [9.17, 15) is 81.4 Å². The number of alkyl halides is 6. The molecule has 40 heteroatoms. The normalized spacial score (nSPS) is 19.6. The minimum absolute atomic E-state index is 0.00752. The number of halogens is 8. The number of nitrogens with one attached hydrogen (secondary N) is 6. The van der Waals surface area contributed by atoms with E-state index in [2.05, 4.69) is 58.8 Å². The number of nitrogens with zero attached hydrogens (tertiary/aromatic N) is 6. The van der Waals surface area contributed by atoms with Crippen LogP contribution in [0.1, 0.15) is 134 Å². The van der Waals surface area contributed by atoms with Crippen LogP contribution in [0.25, 0.3) is 0 Å². The van der Waals surface area contributed by atoms with Gasteiger partial charge in [-0.15, -0.1) is 0 Å². The van der Waals surface area contributed by atoms with Gasteiger partial charge in [-0.25, -0.2) is 19.9 Å². The number of amides is 3. The highest BCUT2D eigenvalue weighted by Gasteiger charge is 2.42. The van der Waals surface area contributed by atoms with Crippen LogP contribution >= 0.6 is 23.2 Å². The molecule has 1 aromatic carbocycles. The van der Waals surface area contributed by atoms with E-state index in [1.165, 1.54) is 18.4 Å². The molecule has 10 atom stereocenters. The second kappa shape index (κ2) is 50.1. The summed E-state index contributed by atoms with van der Waals surface area (Å²) in [5, 5.41) is 81.2. The Balaban J connectivity index is 0.983. The van der Waals surface area contributed by atoms with Crippen molar-refractivity contribution in [1.82, 2.24) is 35.9 Å². The summed E-state index contributed by atoms with van der Waals surface area (Å²) in [7, 11) is 0. The van der Waals surface area contributed by atoms with E-state index in [0.29, 0.717) is 19.6 Å². The van der Waals surface area contributed by atoms with Gasteiger partial charge in [0.05, 0.1) is 119 Å². The van der Waals surface area contributed by atoms with Gasteiger partial charge in [-0.1, -0.05) is 120 Å². The Morgan fingerprint density at radius 2 is 1.17 bits per heavy atom. The average molecular weight is 1580 g/mol. The number of anilines is 3. The number of aromatic nitrogens is 4. The van der Waals surface area contributed by atoms with Crippen molar-refractivity contribution in [3.8, 4) is 0 Å². The van der Waals surface area contributed by atoms with E-state index in [0.717, 1.165) is 127 Å². The first kappa shape index (κ1) is 90.8. The number of rotatable bonds is 55. The summed E-state index contributed by atoms with van der Waals surface area (Å²) in [4.78, 5) is 73.1. The Bertz CT molecular complexity index is 3150. The number of unbranched alkanes of at least 4 members (excludes halogenated alkanes) is 14. The van der Waals surface area contributed by atoms with Crippen molar-refractivity contribution in [2.24, 2.45) is 0 Å². The topological polar surface area (TPSA) is 425 Å². The lowest BCUT2D eigenvalue weighted by molar-refractivity contribution is -0.393. The van der Waals surface area contributed by atoms with Gasteiger partial charge in [-0.3, -0.25) is 34.6 Å². The minimum Gasteiger partial charge on any atom is -0.499 e. The SMILES string of the molecule is CCCCCCCCCC(CNC(=O)CCOCC(COC=CC(=O)NCCCCCCCCCCCOC[C@H]1OC[C@H](Nc2cc(Cl)nc(C(F)(F)F)n2)[C@@H](O)[C@H]1O)NC(=O)COCCOCCOCCNc1ccc([N+](=O)[O-])cc1[N+](=O)[O-])OC[C@H]1OC[C@H](Nc2cc(Cl)nc(C(F)(F)F)n2)[C@@H](O)[C@H]1O. The van der Waals surface area contributed by atoms with Crippen LogP contribution in [-0.4, -0.2) is 241 Å². The first-order chi connectivity index (χ1) is 51.2. The van der Waals surface area contributed by atoms with E-state index in [-0.39, 0.29) is 123 Å². The number of ether oxygens (including phenoxy) is 9. The second-order valence-electron chi connectivity index (χ2n) is 25.4. The van der Waals surface area contributed by atoms with Gasteiger partial charge in [0.15, 0.2) is 0 Å². The monoisotopic (exact) mass is 1580 g/mol. The molecule has 604 valence electrons. The van der Waals surface area contributed by atoms with E-state index in [4.69, 9.17) is 65.8 Å². The molecule has 10 N–H and O–H groups in total. The summed E-state index contributed by atoms with van der Waals surface area (Å²) in [5.74, 6) is -4.90. The van der Waals surface area contributed by atoms with Crippen molar-refractivity contribution in [3.63, 3.8) is 0 Å². The number of carbonyl (C=O) groups excluding carboxylic acids is 3. The van der Waals surface area contributed by atoms with Gasteiger partial charge >= 0.3 is 12.4 Å². The van der Waals surface area contributed by atoms with Crippen molar-refractivity contribution < 1.29 is 114 Å². The average Bonchev–Trinajstić information content (AvgIpc) is 0.823. The van der Waals surface area contributed by atoms with E-state index in [1.807, 2.05) is 0 Å². The van der Waals surface area contributed by atoms with Crippen LogP contribution in [0.3, 0.4) is 0 Å². The number of non-ortho nitro benzene ring substituents is 1. The molecule has 0 radical (unpaired) electrons. The van der Waals surface area contributed by atoms with Crippen molar-refractivity contribution in [2.75, 3.05) is 128 Å². The quantitative estimate of drug-likeness (QED) is 0.00490. The molecule has 2 aliphatic heterocycles. The molecule has 3 amide bonds. The Kier molecular flexibility index (Phi) is 42.5. The Morgan fingerprint density at radius 1 is 0.617 bits per heavy atom. The molecule has 3 aromatic rings. The molecule has 2 unspecified atom stereocenters.